The third kappa shape index (κ3) is 3.20. The Labute approximate surface area is 124 Å². The summed E-state index contributed by atoms with van der Waals surface area (Å²) in [5.74, 6) is -1.26. The van der Waals surface area contributed by atoms with E-state index in [1.165, 1.54) is 18.2 Å². The summed E-state index contributed by atoms with van der Waals surface area (Å²) in [4.78, 5) is 0. The lowest BCUT2D eigenvalue weighted by Crippen LogP contribution is -2.04. The quantitative estimate of drug-likeness (QED) is 0.908. The van der Waals surface area contributed by atoms with Gasteiger partial charge in [-0.05, 0) is 24.3 Å². The second-order valence-corrected chi connectivity index (χ2v) is 4.87. The van der Waals surface area contributed by atoms with Crippen LogP contribution in [-0.2, 0) is 13.2 Å². The molecule has 1 N–H and O–H groups in total. The molecular formula is C14H10Cl2F2O2. The van der Waals surface area contributed by atoms with Crippen LogP contribution in [0.4, 0.5) is 8.78 Å². The van der Waals surface area contributed by atoms with Gasteiger partial charge in [0.2, 0.25) is 0 Å². The minimum absolute atomic E-state index is 0.154. The van der Waals surface area contributed by atoms with E-state index in [0.717, 1.165) is 12.1 Å². The number of benzene rings is 2. The van der Waals surface area contributed by atoms with Crippen LogP contribution in [0.3, 0.4) is 0 Å². The normalized spacial score (nSPS) is 10.7. The summed E-state index contributed by atoms with van der Waals surface area (Å²) in [6.45, 7) is -0.692. The Kier molecular flexibility index (Phi) is 4.81. The van der Waals surface area contributed by atoms with Gasteiger partial charge in [-0.25, -0.2) is 8.78 Å². The molecule has 0 atom stereocenters. The minimum atomic E-state index is -0.708. The molecule has 0 bridgehead atoms. The summed E-state index contributed by atoms with van der Waals surface area (Å²) in [5, 5.41) is 9.73. The summed E-state index contributed by atoms with van der Waals surface area (Å²) >= 11 is 11.7. The first-order valence-electron chi connectivity index (χ1n) is 5.67. The topological polar surface area (TPSA) is 29.5 Å². The van der Waals surface area contributed by atoms with Crippen LogP contribution in [-0.4, -0.2) is 5.11 Å². The van der Waals surface area contributed by atoms with Gasteiger partial charge in [0.15, 0.2) is 0 Å². The highest BCUT2D eigenvalue weighted by Gasteiger charge is 2.14. The lowest BCUT2D eigenvalue weighted by Gasteiger charge is -2.13. The Balaban J connectivity index is 2.27. The number of aliphatic hydroxyl groups excluding tert-OH is 1. The van der Waals surface area contributed by atoms with Gasteiger partial charge >= 0.3 is 0 Å². The minimum Gasteiger partial charge on any atom is -0.487 e. The second-order valence-electron chi connectivity index (χ2n) is 4.02. The van der Waals surface area contributed by atoms with Crippen molar-refractivity contribution < 1.29 is 18.6 Å². The number of ether oxygens (including phenoxy) is 1. The second kappa shape index (κ2) is 6.39. The van der Waals surface area contributed by atoms with Crippen LogP contribution < -0.4 is 4.74 Å². The molecule has 0 saturated carbocycles. The van der Waals surface area contributed by atoms with Crippen molar-refractivity contribution in [1.82, 2.24) is 0 Å². The van der Waals surface area contributed by atoms with Crippen LogP contribution in [0.2, 0.25) is 10.0 Å². The van der Waals surface area contributed by atoms with Gasteiger partial charge in [0.25, 0.3) is 0 Å². The standard InChI is InChI=1S/C14H10Cl2F2O2/c15-9-4-8(6-19)14(11(16)5-9)20-7-10-12(17)2-1-3-13(10)18/h1-5,19H,6-7H2. The molecule has 0 aliphatic heterocycles. The first kappa shape index (κ1) is 15.0. The average Bonchev–Trinajstić information content (AvgIpc) is 2.39. The lowest BCUT2D eigenvalue weighted by molar-refractivity contribution is 0.255. The highest BCUT2D eigenvalue weighted by Crippen LogP contribution is 2.33. The average molecular weight is 319 g/mol. The highest BCUT2D eigenvalue weighted by atomic mass is 35.5. The lowest BCUT2D eigenvalue weighted by atomic mass is 10.2. The molecule has 0 aliphatic carbocycles. The molecule has 0 fully saturated rings. The summed E-state index contributed by atoms with van der Waals surface area (Å²) in [6, 6.07) is 6.44. The van der Waals surface area contributed by atoms with Crippen LogP contribution in [0.5, 0.6) is 5.75 Å². The number of hydrogen-bond donors (Lipinski definition) is 1. The maximum Gasteiger partial charge on any atom is 0.144 e. The van der Waals surface area contributed by atoms with E-state index in [1.54, 1.807) is 0 Å². The largest absolute Gasteiger partial charge is 0.487 e. The van der Waals surface area contributed by atoms with Gasteiger partial charge in [0.1, 0.15) is 24.0 Å². The van der Waals surface area contributed by atoms with Gasteiger partial charge < -0.3 is 9.84 Å². The van der Waals surface area contributed by atoms with E-state index in [2.05, 4.69) is 0 Å². The maximum absolute atomic E-state index is 13.5. The van der Waals surface area contributed by atoms with Crippen LogP contribution in [0.15, 0.2) is 30.3 Å². The van der Waals surface area contributed by atoms with Crippen LogP contribution in [0.25, 0.3) is 0 Å². The molecule has 2 aromatic carbocycles. The molecule has 106 valence electrons. The van der Waals surface area contributed by atoms with Crippen molar-refractivity contribution in [3.05, 3.63) is 63.1 Å². The fourth-order valence-corrected chi connectivity index (χ4v) is 2.30. The molecule has 6 heteroatoms. The first-order valence-corrected chi connectivity index (χ1v) is 6.43. The fourth-order valence-electron chi connectivity index (χ4n) is 1.71. The summed E-state index contributed by atoms with van der Waals surface area (Å²) < 4.78 is 32.3. The smallest absolute Gasteiger partial charge is 0.144 e. The van der Waals surface area contributed by atoms with Crippen molar-refractivity contribution >= 4 is 23.2 Å². The molecule has 2 nitrogen and oxygen atoms in total. The van der Waals surface area contributed by atoms with E-state index in [9.17, 15) is 13.9 Å². The molecule has 2 aromatic rings. The molecule has 2 rings (SSSR count). The Hall–Kier alpha value is -1.36. The predicted octanol–water partition coefficient (Wildman–Crippen LogP) is 4.34. The third-order valence-electron chi connectivity index (χ3n) is 2.68. The zero-order chi connectivity index (χ0) is 14.7. The molecule has 0 radical (unpaired) electrons. The van der Waals surface area contributed by atoms with Gasteiger partial charge in [-0.2, -0.15) is 0 Å². The first-order chi connectivity index (χ1) is 9.52. The monoisotopic (exact) mass is 318 g/mol. The number of aliphatic hydroxyl groups is 1. The van der Waals surface area contributed by atoms with Gasteiger partial charge in [-0.15, -0.1) is 0 Å². The van der Waals surface area contributed by atoms with Crippen molar-refractivity contribution in [2.24, 2.45) is 0 Å². The van der Waals surface area contributed by atoms with Gasteiger partial charge in [0.05, 0.1) is 17.2 Å². The molecule has 0 aromatic heterocycles. The van der Waals surface area contributed by atoms with Gasteiger partial charge in [-0.1, -0.05) is 29.3 Å². The molecule has 0 spiro atoms. The van der Waals surface area contributed by atoms with Crippen molar-refractivity contribution in [2.45, 2.75) is 13.2 Å². The van der Waals surface area contributed by atoms with E-state index in [1.807, 2.05) is 0 Å². The summed E-state index contributed by atoms with van der Waals surface area (Å²) in [7, 11) is 0. The summed E-state index contributed by atoms with van der Waals surface area (Å²) in [6.07, 6.45) is 0. The van der Waals surface area contributed by atoms with E-state index >= 15 is 0 Å². The molecule has 20 heavy (non-hydrogen) atoms. The maximum atomic E-state index is 13.5. The van der Waals surface area contributed by atoms with Crippen LogP contribution >= 0.6 is 23.2 Å². The molecule has 0 unspecified atom stereocenters. The van der Waals surface area contributed by atoms with Crippen LogP contribution in [0.1, 0.15) is 11.1 Å². The fraction of sp³-hybridized carbons (Fsp3) is 0.143. The van der Waals surface area contributed by atoms with Gasteiger partial charge in [0, 0.05) is 10.6 Å². The highest BCUT2D eigenvalue weighted by molar-refractivity contribution is 6.35. The Morgan fingerprint density at radius 1 is 1.10 bits per heavy atom. The summed E-state index contributed by atoms with van der Waals surface area (Å²) in [5.41, 5.74) is 0.140. The van der Waals surface area contributed by atoms with Crippen molar-refractivity contribution in [3.8, 4) is 5.75 Å². The molecule has 0 aliphatic rings. The molecule has 0 saturated heterocycles. The zero-order valence-corrected chi connectivity index (χ0v) is 11.7. The van der Waals surface area contributed by atoms with E-state index in [-0.39, 0.29) is 29.5 Å². The van der Waals surface area contributed by atoms with E-state index in [4.69, 9.17) is 27.9 Å². The number of hydrogen-bond acceptors (Lipinski definition) is 2. The van der Waals surface area contributed by atoms with Crippen LogP contribution in [0, 0.1) is 11.6 Å². The molecular weight excluding hydrogens is 309 g/mol. The van der Waals surface area contributed by atoms with E-state index < -0.39 is 11.6 Å². The van der Waals surface area contributed by atoms with Crippen molar-refractivity contribution in [2.75, 3.05) is 0 Å². The number of rotatable bonds is 4. The molecule has 0 amide bonds. The Bertz CT molecular complexity index is 613. The van der Waals surface area contributed by atoms with E-state index in [0.29, 0.717) is 10.6 Å². The van der Waals surface area contributed by atoms with Crippen molar-refractivity contribution in [1.29, 1.82) is 0 Å². The number of halogens is 4. The zero-order valence-electron chi connectivity index (χ0n) is 10.2. The van der Waals surface area contributed by atoms with Gasteiger partial charge in [-0.3, -0.25) is 0 Å². The third-order valence-corrected chi connectivity index (χ3v) is 3.18. The SMILES string of the molecule is OCc1cc(Cl)cc(Cl)c1OCc1c(F)cccc1F. The Morgan fingerprint density at radius 3 is 2.35 bits per heavy atom. The van der Waals surface area contributed by atoms with Crippen molar-refractivity contribution in [3.63, 3.8) is 0 Å². The molecule has 0 heterocycles. The predicted molar refractivity (Wildman–Crippen MR) is 73.1 cm³/mol. The Morgan fingerprint density at radius 2 is 1.75 bits per heavy atom.